The summed E-state index contributed by atoms with van der Waals surface area (Å²) in [5, 5.41) is 9.50. The molecule has 2 N–H and O–H groups in total. The van der Waals surface area contributed by atoms with Gasteiger partial charge in [0.25, 0.3) is 0 Å². The number of rotatable bonds is 5. The lowest BCUT2D eigenvalue weighted by Crippen LogP contribution is -2.39. The largest absolute Gasteiger partial charge is 0.391 e. The van der Waals surface area contributed by atoms with Crippen LogP contribution < -0.4 is 5.48 Å². The average molecular weight is 213 g/mol. The number of hydroxylamine groups is 1. The van der Waals surface area contributed by atoms with E-state index in [-0.39, 0.29) is 11.6 Å². The predicted molar refractivity (Wildman–Crippen MR) is 61.3 cm³/mol. The van der Waals surface area contributed by atoms with E-state index < -0.39 is 6.10 Å². The minimum Gasteiger partial charge on any atom is -0.391 e. The van der Waals surface area contributed by atoms with Crippen molar-refractivity contribution in [1.29, 1.82) is 0 Å². The van der Waals surface area contributed by atoms with Gasteiger partial charge in [0.1, 0.15) is 6.10 Å². The lowest BCUT2D eigenvalue weighted by molar-refractivity contribution is -0.0455. The highest BCUT2D eigenvalue weighted by atomic mass is 16.7. The molecule has 1 aliphatic heterocycles. The Kier molecular flexibility index (Phi) is 4.32. The highest BCUT2D eigenvalue weighted by Crippen LogP contribution is 2.33. The molecule has 0 bridgehead atoms. The van der Waals surface area contributed by atoms with E-state index >= 15 is 0 Å². The van der Waals surface area contributed by atoms with Crippen LogP contribution in [0.1, 0.15) is 40.0 Å². The van der Waals surface area contributed by atoms with E-state index in [1.54, 1.807) is 6.92 Å². The Labute approximate surface area is 92.5 Å². The molecule has 1 aliphatic rings. The molecule has 0 unspecified atom stereocenters. The lowest BCUT2D eigenvalue weighted by atomic mass is 9.82. The Morgan fingerprint density at radius 1 is 1.60 bits per heavy atom. The third kappa shape index (κ3) is 3.30. The summed E-state index contributed by atoms with van der Waals surface area (Å²) < 4.78 is 0. The zero-order valence-electron chi connectivity index (χ0n) is 9.99. The van der Waals surface area contributed by atoms with Gasteiger partial charge in [0, 0.05) is 5.54 Å². The highest BCUT2D eigenvalue weighted by Gasteiger charge is 2.41. The van der Waals surface area contributed by atoms with Crippen LogP contribution in [0, 0.1) is 5.92 Å². The Morgan fingerprint density at radius 2 is 2.27 bits per heavy atom. The van der Waals surface area contributed by atoms with Crippen LogP contribution in [0.15, 0.2) is 12.7 Å². The first kappa shape index (κ1) is 12.7. The van der Waals surface area contributed by atoms with Crippen molar-refractivity contribution in [3.05, 3.63) is 12.7 Å². The number of hydrogen-bond donors (Lipinski definition) is 2. The number of aliphatic hydroxyl groups excluding tert-OH is 1. The predicted octanol–water partition coefficient (Wildman–Crippen LogP) is 2.02. The third-order valence-electron chi connectivity index (χ3n) is 2.89. The van der Waals surface area contributed by atoms with Crippen LogP contribution in [0.4, 0.5) is 0 Å². The first-order valence-corrected chi connectivity index (χ1v) is 5.71. The van der Waals surface area contributed by atoms with E-state index in [4.69, 9.17) is 4.84 Å². The molecule has 0 spiro atoms. The number of aliphatic hydroxyl groups is 1. The molecule has 0 radical (unpaired) electrons. The van der Waals surface area contributed by atoms with E-state index in [9.17, 15) is 5.11 Å². The van der Waals surface area contributed by atoms with Gasteiger partial charge in [0.05, 0.1) is 6.10 Å². The van der Waals surface area contributed by atoms with Crippen molar-refractivity contribution in [1.82, 2.24) is 5.48 Å². The Hall–Kier alpha value is -0.380. The molecule has 0 aliphatic carbocycles. The van der Waals surface area contributed by atoms with Gasteiger partial charge in [0.15, 0.2) is 0 Å². The Bertz CT molecular complexity index is 216. The van der Waals surface area contributed by atoms with Crippen molar-refractivity contribution in [2.75, 3.05) is 0 Å². The maximum atomic E-state index is 9.50. The molecule has 0 saturated carbocycles. The van der Waals surface area contributed by atoms with Gasteiger partial charge >= 0.3 is 0 Å². The van der Waals surface area contributed by atoms with Crippen molar-refractivity contribution in [3.8, 4) is 0 Å². The fraction of sp³-hybridized carbons (Fsp3) is 0.833. The zero-order valence-corrected chi connectivity index (χ0v) is 9.99. The standard InChI is InChI=1S/C12H23NO2/c1-5-6-12(7-9(2)3)8-11(10(4)14)15-13-12/h5,9-11,13-14H,1,6-8H2,2-4H3/t10-,11-,12-/m1/s1. The Morgan fingerprint density at radius 3 is 2.67 bits per heavy atom. The first-order valence-electron chi connectivity index (χ1n) is 5.71. The molecule has 88 valence electrons. The molecule has 3 heteroatoms. The zero-order chi connectivity index (χ0) is 11.5. The molecule has 0 amide bonds. The van der Waals surface area contributed by atoms with Crippen LogP contribution >= 0.6 is 0 Å². The summed E-state index contributed by atoms with van der Waals surface area (Å²) >= 11 is 0. The second-order valence-corrected chi connectivity index (χ2v) is 5.07. The number of nitrogens with one attached hydrogen (secondary N) is 1. The Balaban J connectivity index is 2.64. The molecule has 1 heterocycles. The molecule has 1 saturated heterocycles. The molecule has 3 nitrogen and oxygen atoms in total. The molecule has 0 aromatic carbocycles. The monoisotopic (exact) mass is 213 g/mol. The summed E-state index contributed by atoms with van der Waals surface area (Å²) in [4.78, 5) is 5.44. The van der Waals surface area contributed by atoms with Gasteiger partial charge in [0.2, 0.25) is 0 Å². The third-order valence-corrected chi connectivity index (χ3v) is 2.89. The van der Waals surface area contributed by atoms with Gasteiger partial charge in [-0.25, -0.2) is 0 Å². The summed E-state index contributed by atoms with van der Waals surface area (Å²) in [6.07, 6.45) is 4.19. The van der Waals surface area contributed by atoms with Crippen molar-refractivity contribution in [2.24, 2.45) is 5.92 Å². The fourth-order valence-electron chi connectivity index (χ4n) is 2.33. The quantitative estimate of drug-likeness (QED) is 0.687. The normalized spacial score (nSPS) is 33.3. The van der Waals surface area contributed by atoms with Gasteiger partial charge < -0.3 is 5.11 Å². The summed E-state index contributed by atoms with van der Waals surface area (Å²) in [6, 6.07) is 0. The van der Waals surface area contributed by atoms with Crippen LogP contribution in [0.3, 0.4) is 0 Å². The smallest absolute Gasteiger partial charge is 0.106 e. The van der Waals surface area contributed by atoms with Gasteiger partial charge in [-0.3, -0.25) is 4.84 Å². The van der Waals surface area contributed by atoms with Crippen LogP contribution in [-0.2, 0) is 4.84 Å². The maximum Gasteiger partial charge on any atom is 0.106 e. The summed E-state index contributed by atoms with van der Waals surface area (Å²) in [5.74, 6) is 0.605. The molecule has 15 heavy (non-hydrogen) atoms. The van der Waals surface area contributed by atoms with Crippen molar-refractivity contribution in [3.63, 3.8) is 0 Å². The van der Waals surface area contributed by atoms with E-state index in [0.717, 1.165) is 19.3 Å². The van der Waals surface area contributed by atoms with Gasteiger partial charge in [-0.1, -0.05) is 19.9 Å². The second kappa shape index (κ2) is 5.10. The number of hydrogen-bond acceptors (Lipinski definition) is 3. The lowest BCUT2D eigenvalue weighted by Gasteiger charge is -2.28. The van der Waals surface area contributed by atoms with E-state index in [1.165, 1.54) is 0 Å². The summed E-state index contributed by atoms with van der Waals surface area (Å²) in [6.45, 7) is 9.95. The maximum absolute atomic E-state index is 9.50. The summed E-state index contributed by atoms with van der Waals surface area (Å²) in [5.41, 5.74) is 3.07. The molecule has 1 fully saturated rings. The fourth-order valence-corrected chi connectivity index (χ4v) is 2.33. The van der Waals surface area contributed by atoms with Gasteiger partial charge in [-0.15, -0.1) is 6.58 Å². The molecule has 0 aromatic heterocycles. The van der Waals surface area contributed by atoms with E-state index in [1.807, 2.05) is 6.08 Å². The van der Waals surface area contributed by atoms with Gasteiger partial charge in [-0.2, -0.15) is 5.48 Å². The van der Waals surface area contributed by atoms with E-state index in [2.05, 4.69) is 25.9 Å². The van der Waals surface area contributed by atoms with Crippen LogP contribution in [0.2, 0.25) is 0 Å². The van der Waals surface area contributed by atoms with Crippen molar-refractivity contribution >= 4 is 0 Å². The van der Waals surface area contributed by atoms with Crippen LogP contribution in [-0.4, -0.2) is 22.9 Å². The minimum atomic E-state index is -0.420. The second-order valence-electron chi connectivity index (χ2n) is 5.07. The van der Waals surface area contributed by atoms with Gasteiger partial charge in [-0.05, 0) is 32.1 Å². The molecule has 0 aromatic rings. The molecule has 3 atom stereocenters. The SMILES string of the molecule is C=CC[C@@]1(CC(C)C)C[C@H]([C@@H](C)O)ON1. The minimum absolute atomic E-state index is 0.0302. The average Bonchev–Trinajstić information content (AvgIpc) is 2.48. The molecule has 1 rings (SSSR count). The summed E-state index contributed by atoms with van der Waals surface area (Å²) in [7, 11) is 0. The topological polar surface area (TPSA) is 41.5 Å². The van der Waals surface area contributed by atoms with Crippen molar-refractivity contribution in [2.45, 2.75) is 57.8 Å². The highest BCUT2D eigenvalue weighted by molar-refractivity contribution is 4.98. The van der Waals surface area contributed by atoms with Crippen LogP contribution in [0.25, 0.3) is 0 Å². The molecular formula is C12H23NO2. The first-order chi connectivity index (χ1) is 6.99. The molecular weight excluding hydrogens is 190 g/mol. The van der Waals surface area contributed by atoms with Crippen molar-refractivity contribution < 1.29 is 9.94 Å². The van der Waals surface area contributed by atoms with E-state index in [0.29, 0.717) is 5.92 Å². The van der Waals surface area contributed by atoms with Crippen LogP contribution in [0.5, 0.6) is 0 Å².